The van der Waals surface area contributed by atoms with E-state index in [1.165, 1.54) is 65.8 Å². The number of pyridine rings is 5. The summed E-state index contributed by atoms with van der Waals surface area (Å²) in [5, 5.41) is 7.02. The first-order valence-electron chi connectivity index (χ1n) is 28.0. The minimum atomic E-state index is -4.43. The number of rotatable bonds is 13. The van der Waals surface area contributed by atoms with Crippen LogP contribution in [0, 0.1) is 0 Å². The molecular formula is C71H74Br2F12N10O6. The van der Waals surface area contributed by atoms with Gasteiger partial charge in [0, 0.05) is 75.9 Å². The molecule has 0 radical (unpaired) electrons. The van der Waals surface area contributed by atoms with Crippen LogP contribution in [0.15, 0.2) is 204 Å². The highest BCUT2D eigenvalue weighted by Gasteiger charge is 2.33. The molecule has 0 aliphatic rings. The summed E-state index contributed by atoms with van der Waals surface area (Å²) in [5.41, 5.74) is 5.53. The van der Waals surface area contributed by atoms with Gasteiger partial charge in [0.15, 0.2) is 12.6 Å². The lowest BCUT2D eigenvalue weighted by Crippen LogP contribution is -2.37. The Labute approximate surface area is 593 Å². The topological polar surface area (TPSA) is 220 Å². The molecule has 1 amide bonds. The molecule has 16 nitrogen and oxygen atoms in total. The number of ether oxygens (including phenoxy) is 2. The highest BCUT2D eigenvalue weighted by molar-refractivity contribution is 9.10. The van der Waals surface area contributed by atoms with Gasteiger partial charge < -0.3 is 30.8 Å². The molecule has 10 aromatic rings. The van der Waals surface area contributed by atoms with E-state index >= 15 is 0 Å². The van der Waals surface area contributed by atoms with Crippen LogP contribution < -0.4 is 26.0 Å². The number of amides is 1. The lowest BCUT2D eigenvalue weighted by Gasteiger charge is -2.27. The monoisotopic (exact) mass is 1550 g/mol. The van der Waals surface area contributed by atoms with E-state index in [4.69, 9.17) is 15.2 Å². The molecule has 542 valence electrons. The van der Waals surface area contributed by atoms with E-state index in [9.17, 15) is 71.9 Å². The van der Waals surface area contributed by atoms with Crippen molar-refractivity contribution in [3.8, 4) is 5.75 Å². The molecule has 0 bridgehead atoms. The van der Waals surface area contributed by atoms with Crippen LogP contribution in [-0.4, -0.2) is 67.6 Å². The molecule has 6 heterocycles. The number of aromatic amines is 1. The Morgan fingerprint density at radius 1 is 0.495 bits per heavy atom. The summed E-state index contributed by atoms with van der Waals surface area (Å²) < 4.78 is 161. The number of benzene rings is 4. The van der Waals surface area contributed by atoms with Crippen LogP contribution in [0.2, 0.25) is 0 Å². The third-order valence-corrected chi connectivity index (χ3v) is 13.3. The Morgan fingerprint density at radius 3 is 1.25 bits per heavy atom. The molecule has 0 fully saturated rings. The van der Waals surface area contributed by atoms with Gasteiger partial charge in [-0.3, -0.25) is 19.3 Å². The summed E-state index contributed by atoms with van der Waals surface area (Å²) in [6, 6.07) is 35.7. The van der Waals surface area contributed by atoms with E-state index in [1.807, 2.05) is 30.5 Å². The molecule has 5 N–H and O–H groups in total. The van der Waals surface area contributed by atoms with Gasteiger partial charge in [0.05, 0.1) is 41.3 Å². The first kappa shape index (κ1) is 88.8. The fraction of sp³-hybridized carbons (Fsp3) is 0.225. The van der Waals surface area contributed by atoms with Gasteiger partial charge in [-0.05, 0) is 179 Å². The van der Waals surface area contributed by atoms with E-state index in [1.54, 1.807) is 70.7 Å². The number of hydrogen-bond donors (Lipinski definition) is 4. The third-order valence-electron chi connectivity index (χ3n) is 12.3. The number of halogens is 14. The number of hydrogen-bond acceptors (Lipinski definition) is 14. The lowest BCUT2D eigenvalue weighted by atomic mass is 10.1. The van der Waals surface area contributed by atoms with Crippen molar-refractivity contribution in [3.63, 3.8) is 0 Å². The van der Waals surface area contributed by atoms with Gasteiger partial charge in [-0.25, -0.2) is 29.7 Å². The highest BCUT2D eigenvalue weighted by atomic mass is 79.9. The first-order chi connectivity index (χ1) is 45.7. The summed E-state index contributed by atoms with van der Waals surface area (Å²) in [4.78, 5) is 68.2. The maximum Gasteiger partial charge on any atom is 0.416 e. The van der Waals surface area contributed by atoms with E-state index < -0.39 is 58.7 Å². The van der Waals surface area contributed by atoms with Crippen molar-refractivity contribution in [1.29, 1.82) is 0 Å². The average Bonchev–Trinajstić information content (AvgIpc) is 1.79. The summed E-state index contributed by atoms with van der Waals surface area (Å²) in [5.74, 6) is 2.85. The number of nitrogens with one attached hydrogen (secondary N) is 3. The minimum absolute atomic E-state index is 0. The van der Waals surface area contributed by atoms with Crippen molar-refractivity contribution in [2.75, 3.05) is 28.4 Å². The van der Waals surface area contributed by atoms with Crippen molar-refractivity contribution in [3.05, 3.63) is 259 Å². The van der Waals surface area contributed by atoms with Crippen LogP contribution in [0.4, 0.5) is 80.8 Å². The van der Waals surface area contributed by atoms with Crippen LogP contribution >= 0.6 is 31.9 Å². The number of aldehydes is 3. The van der Waals surface area contributed by atoms with E-state index in [2.05, 4.69) is 72.4 Å². The molecule has 0 unspecified atom stereocenters. The van der Waals surface area contributed by atoms with Gasteiger partial charge in [0.25, 0.3) is 0 Å². The number of aromatic nitrogens is 6. The van der Waals surface area contributed by atoms with Crippen LogP contribution in [0.1, 0.15) is 120 Å². The number of fused-ring (bicyclic) bond motifs is 1. The van der Waals surface area contributed by atoms with Crippen molar-refractivity contribution in [2.24, 2.45) is 0 Å². The average molecular weight is 1550 g/mol. The Kier molecular flexibility index (Phi) is 36.4. The normalized spacial score (nSPS) is 10.7. The quantitative estimate of drug-likeness (QED) is 0.0623. The summed E-state index contributed by atoms with van der Waals surface area (Å²) in [6.07, 6.45) is -6.68. The summed E-state index contributed by atoms with van der Waals surface area (Å²) >= 11 is 6.50. The molecule has 6 aromatic heterocycles. The van der Waals surface area contributed by atoms with Gasteiger partial charge in [-0.2, -0.15) is 52.7 Å². The molecule has 0 spiro atoms. The van der Waals surface area contributed by atoms with E-state index in [-0.39, 0.29) is 47.6 Å². The Morgan fingerprint density at radius 2 is 0.891 bits per heavy atom. The molecule has 0 atom stereocenters. The van der Waals surface area contributed by atoms with Crippen molar-refractivity contribution < 1.29 is 81.3 Å². The summed E-state index contributed by atoms with van der Waals surface area (Å²) in [7, 11) is 1.65. The molecular weight excluding hydrogens is 1480 g/mol. The van der Waals surface area contributed by atoms with E-state index in [0.29, 0.717) is 71.7 Å². The van der Waals surface area contributed by atoms with Crippen molar-refractivity contribution >= 4 is 91.1 Å². The zero-order valence-corrected chi connectivity index (χ0v) is 54.5. The standard InChI is InChI=1S/C19H19F3N2O3.C14H11F3N2O.C13H10BrF3N2.C8H5F3O.C8H8N2O.C5H5BrN2.4CH4/c1-18(2,3)27-17(26)24(16-9-6-14(12-25)10-23-16)11-13-4-7-15(8-5-13)19(20,21)22;15-14(16,17)12-4-1-10(2-5-12)7-18-13-6-3-11(9-20)8-19-13;14-11-5-6-12(19-8-11)18-7-9-1-3-10(4-2-9)13(15,16)17;9-8(10,11)7-3-1-6(5-12)2-4-7;1-11-7-3-5-10-8-6(7)2-4-9-8;6-4-1-2-5(7)8-3-4;;;;/h4-10,12H,11H2,1-3H3;1-6,8-9H,7H2,(H,18,19);1-6,8H,7H2,(H,18,19);1-5H;2-5H,1H3,(H,9,10);1-3H,(H2,7,8);4*1H4. The van der Waals surface area contributed by atoms with E-state index in [0.717, 1.165) is 92.0 Å². The fourth-order valence-electron chi connectivity index (χ4n) is 7.48. The maximum absolute atomic E-state index is 12.7. The second-order valence-corrected chi connectivity index (χ2v) is 22.6. The number of H-pyrrole nitrogens is 1. The second kappa shape index (κ2) is 41.4. The molecule has 101 heavy (non-hydrogen) atoms. The third kappa shape index (κ3) is 31.2. The first-order valence-corrected chi connectivity index (χ1v) is 29.6. The Hall–Kier alpha value is -10.2. The number of alkyl halides is 12. The van der Waals surface area contributed by atoms with Gasteiger partial charge in [-0.15, -0.1) is 0 Å². The predicted molar refractivity (Wildman–Crippen MR) is 375 cm³/mol. The molecule has 0 aliphatic carbocycles. The van der Waals surface area contributed by atoms with Gasteiger partial charge >= 0.3 is 30.8 Å². The number of nitrogens with zero attached hydrogens (tertiary/aromatic N) is 6. The predicted octanol–water partition coefficient (Wildman–Crippen LogP) is 20.9. The largest absolute Gasteiger partial charge is 0.496 e. The minimum Gasteiger partial charge on any atom is -0.496 e. The lowest BCUT2D eigenvalue weighted by molar-refractivity contribution is -0.138. The maximum atomic E-state index is 12.7. The van der Waals surface area contributed by atoms with Crippen LogP contribution in [0.5, 0.6) is 5.75 Å². The Balaban J connectivity index is 0.000000624. The van der Waals surface area contributed by atoms with Gasteiger partial charge in [0.2, 0.25) is 0 Å². The Bertz CT molecular complexity index is 4030. The number of anilines is 4. The molecule has 10 rings (SSSR count). The molecule has 30 heteroatoms. The number of methoxy groups -OCH3 is 1. The number of carbonyl (C=O) groups is 4. The molecule has 0 saturated carbocycles. The van der Waals surface area contributed by atoms with Crippen molar-refractivity contribution in [2.45, 2.75) is 100 Å². The van der Waals surface area contributed by atoms with Crippen molar-refractivity contribution in [1.82, 2.24) is 29.9 Å². The second-order valence-electron chi connectivity index (χ2n) is 20.8. The van der Waals surface area contributed by atoms with Gasteiger partial charge in [-0.1, -0.05) is 78.2 Å². The number of carbonyl (C=O) groups excluding carboxylic acids is 4. The molecule has 4 aromatic carbocycles. The SMILES string of the molecule is C.C.C.C.CC(C)(C)OC(=O)N(Cc1ccc(C(F)(F)F)cc1)c1ccc(C=O)cn1.COc1ccnc2[nH]ccc12.FC(F)(F)c1ccc(CNc2ccc(Br)cn2)cc1.Nc1ccc(Br)cn1.O=Cc1ccc(C(F)(F)F)cc1.O=Cc1ccc(NCc2ccc(C(F)(F)F)cc2)nc1. The highest BCUT2D eigenvalue weighted by Crippen LogP contribution is 2.33. The van der Waals surface area contributed by atoms with Crippen LogP contribution in [0.25, 0.3) is 11.0 Å². The van der Waals surface area contributed by atoms with Gasteiger partial charge in [0.1, 0.15) is 46.6 Å². The molecule has 0 saturated heterocycles. The zero-order chi connectivity index (χ0) is 71.6. The smallest absolute Gasteiger partial charge is 0.416 e. The fourth-order valence-corrected chi connectivity index (χ4v) is 7.95. The van der Waals surface area contributed by atoms with Crippen LogP contribution in [-0.2, 0) is 49.1 Å². The zero-order valence-electron chi connectivity index (χ0n) is 51.3. The number of nitrogens with two attached hydrogens (primary N) is 1. The summed E-state index contributed by atoms with van der Waals surface area (Å²) in [6.45, 7) is 5.83. The number of nitrogen functional groups attached to an aromatic ring is 1. The van der Waals surface area contributed by atoms with Crippen LogP contribution in [0.3, 0.4) is 0 Å². The molecule has 0 aliphatic heterocycles.